The number of carbonyl (C=O) groups excluding carboxylic acids is 1. The molecule has 0 bridgehead atoms. The van der Waals surface area contributed by atoms with Crippen molar-refractivity contribution in [2.75, 3.05) is 6.54 Å². The van der Waals surface area contributed by atoms with Gasteiger partial charge in [-0.25, -0.2) is 0 Å². The molecule has 1 aliphatic heterocycles. The van der Waals surface area contributed by atoms with Crippen molar-refractivity contribution in [3.05, 3.63) is 0 Å². The molecule has 0 aromatic carbocycles. The third-order valence-corrected chi connectivity index (χ3v) is 5.38. The SMILES string of the molecule is O=C(NCC1(C(=O)O)CC1)C1CCC2CCCCC2N1. The highest BCUT2D eigenvalue weighted by molar-refractivity contribution is 5.84. The molecular formula is C15H24N2O3. The lowest BCUT2D eigenvalue weighted by molar-refractivity contribution is -0.143. The second-order valence-electron chi connectivity index (χ2n) is 6.75. The third kappa shape index (κ3) is 2.68. The zero-order chi connectivity index (χ0) is 14.2. The minimum absolute atomic E-state index is 0.0125. The van der Waals surface area contributed by atoms with Gasteiger partial charge in [0.05, 0.1) is 11.5 Å². The van der Waals surface area contributed by atoms with Crippen molar-refractivity contribution in [1.29, 1.82) is 0 Å². The highest BCUT2D eigenvalue weighted by Gasteiger charge is 2.50. The van der Waals surface area contributed by atoms with Crippen molar-refractivity contribution >= 4 is 11.9 Å². The topological polar surface area (TPSA) is 78.4 Å². The van der Waals surface area contributed by atoms with Gasteiger partial charge in [-0.3, -0.25) is 9.59 Å². The standard InChI is InChI=1S/C15H24N2O3/c18-13(16-9-15(7-8-15)14(19)20)12-6-5-10-3-1-2-4-11(10)17-12/h10-12,17H,1-9H2,(H,16,18)(H,19,20). The molecule has 0 aromatic heterocycles. The monoisotopic (exact) mass is 280 g/mol. The smallest absolute Gasteiger partial charge is 0.311 e. The van der Waals surface area contributed by atoms with Gasteiger partial charge in [0.2, 0.25) is 5.91 Å². The maximum absolute atomic E-state index is 12.2. The Kier molecular flexibility index (Phi) is 3.71. The highest BCUT2D eigenvalue weighted by atomic mass is 16.4. The fraction of sp³-hybridized carbons (Fsp3) is 0.867. The summed E-state index contributed by atoms with van der Waals surface area (Å²) in [7, 11) is 0. The first-order chi connectivity index (χ1) is 9.61. The zero-order valence-electron chi connectivity index (χ0n) is 11.9. The zero-order valence-corrected chi connectivity index (χ0v) is 11.9. The number of hydrogen-bond donors (Lipinski definition) is 3. The molecule has 0 spiro atoms. The maximum atomic E-state index is 12.2. The van der Waals surface area contributed by atoms with E-state index < -0.39 is 11.4 Å². The van der Waals surface area contributed by atoms with Crippen molar-refractivity contribution in [3.63, 3.8) is 0 Å². The summed E-state index contributed by atoms with van der Waals surface area (Å²) < 4.78 is 0. The molecule has 3 aliphatic rings. The predicted octanol–water partition coefficient (Wildman–Crippen LogP) is 1.28. The molecule has 3 unspecified atom stereocenters. The highest BCUT2D eigenvalue weighted by Crippen LogP contribution is 2.45. The number of carboxylic acid groups (broad SMARTS) is 1. The molecule has 5 heteroatoms. The van der Waals surface area contributed by atoms with Gasteiger partial charge in [0.15, 0.2) is 0 Å². The summed E-state index contributed by atoms with van der Waals surface area (Å²) in [5, 5.41) is 15.4. The summed E-state index contributed by atoms with van der Waals surface area (Å²) in [6, 6.07) is 0.363. The molecule has 3 rings (SSSR count). The lowest BCUT2D eigenvalue weighted by Crippen LogP contribution is -2.55. The van der Waals surface area contributed by atoms with E-state index in [4.69, 9.17) is 5.11 Å². The van der Waals surface area contributed by atoms with Crippen molar-refractivity contribution in [1.82, 2.24) is 10.6 Å². The van der Waals surface area contributed by atoms with Gasteiger partial charge >= 0.3 is 5.97 Å². The minimum Gasteiger partial charge on any atom is -0.481 e. The fourth-order valence-corrected chi connectivity index (χ4v) is 3.70. The molecule has 3 fully saturated rings. The maximum Gasteiger partial charge on any atom is 0.311 e. The number of aliphatic carboxylic acids is 1. The van der Waals surface area contributed by atoms with Gasteiger partial charge in [0, 0.05) is 12.6 Å². The Hall–Kier alpha value is -1.10. The number of amides is 1. The van der Waals surface area contributed by atoms with Crippen LogP contribution in [0.4, 0.5) is 0 Å². The van der Waals surface area contributed by atoms with E-state index in [1.807, 2.05) is 0 Å². The summed E-state index contributed by atoms with van der Waals surface area (Å²) in [4.78, 5) is 23.3. The average molecular weight is 280 g/mol. The lowest BCUT2D eigenvalue weighted by Gasteiger charge is -2.40. The van der Waals surface area contributed by atoms with Crippen LogP contribution in [0.3, 0.4) is 0 Å². The molecule has 2 aliphatic carbocycles. The van der Waals surface area contributed by atoms with E-state index in [1.165, 1.54) is 25.7 Å². The number of hydrogen-bond acceptors (Lipinski definition) is 3. The first-order valence-corrected chi connectivity index (χ1v) is 7.88. The quantitative estimate of drug-likeness (QED) is 0.725. The van der Waals surface area contributed by atoms with Crippen LogP contribution >= 0.6 is 0 Å². The van der Waals surface area contributed by atoms with Crippen LogP contribution in [0.15, 0.2) is 0 Å². The van der Waals surface area contributed by atoms with Crippen LogP contribution in [0.2, 0.25) is 0 Å². The molecule has 1 amide bonds. The second kappa shape index (κ2) is 5.35. The summed E-state index contributed by atoms with van der Waals surface area (Å²) in [5.41, 5.74) is -0.669. The van der Waals surface area contributed by atoms with Gasteiger partial charge < -0.3 is 15.7 Å². The minimum atomic E-state index is -0.776. The molecule has 3 atom stereocenters. The fourth-order valence-electron chi connectivity index (χ4n) is 3.70. The Bertz CT molecular complexity index is 406. The Balaban J connectivity index is 1.49. The van der Waals surface area contributed by atoms with E-state index in [9.17, 15) is 9.59 Å². The molecule has 1 heterocycles. The number of fused-ring (bicyclic) bond motifs is 1. The Morgan fingerprint density at radius 3 is 2.60 bits per heavy atom. The van der Waals surface area contributed by atoms with Gasteiger partial charge in [-0.05, 0) is 44.4 Å². The average Bonchev–Trinajstić information content (AvgIpc) is 3.25. The second-order valence-corrected chi connectivity index (χ2v) is 6.75. The Labute approximate surface area is 119 Å². The number of carbonyl (C=O) groups is 2. The van der Waals surface area contributed by atoms with Gasteiger partial charge in [0.25, 0.3) is 0 Å². The van der Waals surface area contributed by atoms with Crippen LogP contribution < -0.4 is 10.6 Å². The molecule has 3 N–H and O–H groups in total. The first-order valence-electron chi connectivity index (χ1n) is 7.88. The summed E-state index contributed by atoms with van der Waals surface area (Å²) in [5.74, 6) is -0.0510. The van der Waals surface area contributed by atoms with Crippen LogP contribution in [0.1, 0.15) is 51.4 Å². The van der Waals surface area contributed by atoms with Crippen molar-refractivity contribution < 1.29 is 14.7 Å². The van der Waals surface area contributed by atoms with Crippen molar-refractivity contribution in [2.24, 2.45) is 11.3 Å². The molecule has 112 valence electrons. The lowest BCUT2D eigenvalue weighted by atomic mass is 9.77. The summed E-state index contributed by atoms with van der Waals surface area (Å²) in [6.07, 6.45) is 8.41. The largest absolute Gasteiger partial charge is 0.481 e. The molecule has 0 radical (unpaired) electrons. The molecular weight excluding hydrogens is 256 g/mol. The van der Waals surface area contributed by atoms with E-state index >= 15 is 0 Å². The normalized spacial score (nSPS) is 34.9. The van der Waals surface area contributed by atoms with E-state index in [2.05, 4.69) is 10.6 Å². The van der Waals surface area contributed by atoms with Crippen molar-refractivity contribution in [2.45, 2.75) is 63.5 Å². The third-order valence-electron chi connectivity index (χ3n) is 5.38. The number of piperidine rings is 1. The van der Waals surface area contributed by atoms with E-state index in [1.54, 1.807) is 0 Å². The van der Waals surface area contributed by atoms with Gasteiger partial charge in [0.1, 0.15) is 0 Å². The van der Waals surface area contributed by atoms with Crippen LogP contribution in [-0.4, -0.2) is 35.6 Å². The summed E-state index contributed by atoms with van der Waals surface area (Å²) in [6.45, 7) is 0.285. The van der Waals surface area contributed by atoms with Crippen LogP contribution in [-0.2, 0) is 9.59 Å². The van der Waals surface area contributed by atoms with Gasteiger partial charge in [-0.2, -0.15) is 0 Å². The molecule has 1 saturated heterocycles. The number of carboxylic acids is 1. The van der Waals surface area contributed by atoms with Gasteiger partial charge in [-0.15, -0.1) is 0 Å². The molecule has 5 nitrogen and oxygen atoms in total. The van der Waals surface area contributed by atoms with Crippen LogP contribution in [0.25, 0.3) is 0 Å². The van der Waals surface area contributed by atoms with Gasteiger partial charge in [-0.1, -0.05) is 12.8 Å². The number of nitrogens with one attached hydrogen (secondary N) is 2. The number of rotatable bonds is 4. The molecule has 20 heavy (non-hydrogen) atoms. The Morgan fingerprint density at radius 1 is 1.15 bits per heavy atom. The van der Waals surface area contributed by atoms with Crippen molar-refractivity contribution in [3.8, 4) is 0 Å². The van der Waals surface area contributed by atoms with E-state index in [0.717, 1.165) is 18.8 Å². The van der Waals surface area contributed by atoms with Crippen LogP contribution in [0, 0.1) is 11.3 Å². The Morgan fingerprint density at radius 2 is 1.90 bits per heavy atom. The van der Waals surface area contributed by atoms with Crippen LogP contribution in [0.5, 0.6) is 0 Å². The summed E-state index contributed by atoms with van der Waals surface area (Å²) >= 11 is 0. The predicted molar refractivity (Wildman–Crippen MR) is 74.2 cm³/mol. The van der Waals surface area contributed by atoms with E-state index in [0.29, 0.717) is 18.9 Å². The molecule has 0 aromatic rings. The van der Waals surface area contributed by atoms with E-state index in [-0.39, 0.29) is 18.5 Å². The first kappa shape index (κ1) is 13.9. The molecule has 2 saturated carbocycles.